The van der Waals surface area contributed by atoms with Crippen molar-refractivity contribution in [1.29, 1.82) is 0 Å². The fourth-order valence-electron chi connectivity index (χ4n) is 0.783. The van der Waals surface area contributed by atoms with Gasteiger partial charge in [-0.3, -0.25) is 9.84 Å². The highest BCUT2D eigenvalue weighted by Crippen LogP contribution is 2.27. The van der Waals surface area contributed by atoms with E-state index in [0.717, 1.165) is 0 Å². The standard InChI is InChI=1S/C5H5ClF2N2O3S/c6-14(11,12)4(13-5(7)8)3-1-2-9-10-3/h1-2,4-5H,(H,9,10). The van der Waals surface area contributed by atoms with Crippen LogP contribution in [0.25, 0.3) is 0 Å². The van der Waals surface area contributed by atoms with Crippen molar-refractivity contribution in [2.75, 3.05) is 0 Å². The van der Waals surface area contributed by atoms with Crippen LogP contribution in [0, 0.1) is 0 Å². The number of H-pyrrole nitrogens is 1. The van der Waals surface area contributed by atoms with Crippen LogP contribution in [-0.4, -0.2) is 25.2 Å². The molecule has 0 aromatic carbocycles. The van der Waals surface area contributed by atoms with E-state index < -0.39 is 21.1 Å². The zero-order valence-electron chi connectivity index (χ0n) is 6.52. The van der Waals surface area contributed by atoms with Crippen LogP contribution in [0.4, 0.5) is 8.78 Å². The molecule has 0 saturated carbocycles. The van der Waals surface area contributed by atoms with E-state index in [0.29, 0.717) is 0 Å². The van der Waals surface area contributed by atoms with Crippen molar-refractivity contribution >= 4 is 19.7 Å². The molecule has 0 bridgehead atoms. The molecule has 80 valence electrons. The molecule has 0 amide bonds. The monoisotopic (exact) mass is 246 g/mol. The van der Waals surface area contributed by atoms with E-state index in [1.54, 1.807) is 0 Å². The lowest BCUT2D eigenvalue weighted by Gasteiger charge is -2.11. The Hall–Kier alpha value is -0.730. The minimum absolute atomic E-state index is 0.152. The molecule has 1 heterocycles. The van der Waals surface area contributed by atoms with Gasteiger partial charge in [0.1, 0.15) is 0 Å². The molecule has 14 heavy (non-hydrogen) atoms. The van der Waals surface area contributed by atoms with Gasteiger partial charge in [0.2, 0.25) is 5.44 Å². The molecular formula is C5H5ClF2N2O3S. The van der Waals surface area contributed by atoms with Crippen molar-refractivity contribution in [3.8, 4) is 0 Å². The molecular weight excluding hydrogens is 242 g/mol. The number of rotatable bonds is 4. The van der Waals surface area contributed by atoms with E-state index in [2.05, 4.69) is 14.9 Å². The molecule has 0 aliphatic rings. The Balaban J connectivity index is 2.95. The number of halogens is 3. The van der Waals surface area contributed by atoms with E-state index in [1.165, 1.54) is 12.3 Å². The molecule has 9 heteroatoms. The summed E-state index contributed by atoms with van der Waals surface area (Å²) in [7, 11) is 0.617. The molecule has 5 nitrogen and oxygen atoms in total. The van der Waals surface area contributed by atoms with Gasteiger partial charge in [0.15, 0.2) is 0 Å². The van der Waals surface area contributed by atoms with Gasteiger partial charge in [-0.05, 0) is 6.07 Å². The first-order chi connectivity index (χ1) is 6.41. The van der Waals surface area contributed by atoms with Crippen LogP contribution in [0.1, 0.15) is 11.1 Å². The second-order valence-electron chi connectivity index (χ2n) is 2.22. The van der Waals surface area contributed by atoms with E-state index in [-0.39, 0.29) is 5.69 Å². The van der Waals surface area contributed by atoms with E-state index >= 15 is 0 Å². The van der Waals surface area contributed by atoms with Crippen LogP contribution >= 0.6 is 10.7 Å². The maximum atomic E-state index is 11.8. The van der Waals surface area contributed by atoms with Crippen molar-refractivity contribution in [3.63, 3.8) is 0 Å². The Bertz CT molecular complexity index is 380. The highest BCUT2D eigenvalue weighted by Gasteiger charge is 2.30. The fourth-order valence-corrected chi connectivity index (χ4v) is 1.85. The largest absolute Gasteiger partial charge is 0.346 e. The molecule has 0 saturated heterocycles. The summed E-state index contributed by atoms with van der Waals surface area (Å²) in [5.41, 5.74) is -2.09. The Morgan fingerprint density at radius 1 is 1.57 bits per heavy atom. The number of nitrogens with zero attached hydrogens (tertiary/aromatic N) is 1. The zero-order valence-corrected chi connectivity index (χ0v) is 8.10. The average Bonchev–Trinajstić information content (AvgIpc) is 2.49. The molecule has 1 unspecified atom stereocenters. The summed E-state index contributed by atoms with van der Waals surface area (Å²) in [6.45, 7) is -3.24. The van der Waals surface area contributed by atoms with Gasteiger partial charge in [0, 0.05) is 16.9 Å². The number of aromatic amines is 1. The molecule has 1 atom stereocenters. The van der Waals surface area contributed by atoms with Gasteiger partial charge in [0.25, 0.3) is 9.05 Å². The van der Waals surface area contributed by atoms with Gasteiger partial charge in [-0.25, -0.2) is 8.42 Å². The predicted molar refractivity (Wildman–Crippen MR) is 43.2 cm³/mol. The normalized spacial score (nSPS) is 14.6. The van der Waals surface area contributed by atoms with Crippen LogP contribution < -0.4 is 0 Å². The van der Waals surface area contributed by atoms with Gasteiger partial charge in [0.05, 0.1) is 5.69 Å². The van der Waals surface area contributed by atoms with Gasteiger partial charge in [-0.1, -0.05) is 0 Å². The number of hydrogen-bond donors (Lipinski definition) is 1. The van der Waals surface area contributed by atoms with Gasteiger partial charge in [-0.15, -0.1) is 0 Å². The van der Waals surface area contributed by atoms with Gasteiger partial charge in [-0.2, -0.15) is 13.9 Å². The molecule has 1 N–H and O–H groups in total. The Labute approximate surface area is 82.4 Å². The zero-order chi connectivity index (χ0) is 10.8. The summed E-state index contributed by atoms with van der Waals surface area (Å²) in [5.74, 6) is 0. The van der Waals surface area contributed by atoms with Crippen molar-refractivity contribution in [2.45, 2.75) is 12.0 Å². The first-order valence-corrected chi connectivity index (χ1v) is 5.65. The number of alkyl halides is 2. The number of aromatic nitrogens is 2. The van der Waals surface area contributed by atoms with Gasteiger partial charge < -0.3 is 0 Å². The van der Waals surface area contributed by atoms with Crippen molar-refractivity contribution in [1.82, 2.24) is 10.2 Å². The Morgan fingerprint density at radius 3 is 2.57 bits per heavy atom. The molecule has 1 rings (SSSR count). The second kappa shape index (κ2) is 4.20. The summed E-state index contributed by atoms with van der Waals surface area (Å²) in [6.07, 6.45) is 1.19. The lowest BCUT2D eigenvalue weighted by Crippen LogP contribution is -2.15. The van der Waals surface area contributed by atoms with Gasteiger partial charge >= 0.3 is 6.61 Å². The van der Waals surface area contributed by atoms with Crippen LogP contribution in [0.3, 0.4) is 0 Å². The van der Waals surface area contributed by atoms with E-state index in [1.807, 2.05) is 0 Å². The minimum Gasteiger partial charge on any atom is -0.295 e. The SMILES string of the molecule is O=S(=O)(Cl)C(OC(F)F)c1ccn[nH]1. The quantitative estimate of drug-likeness (QED) is 0.811. The number of ether oxygens (including phenoxy) is 1. The molecule has 0 fully saturated rings. The van der Waals surface area contributed by atoms with E-state index in [4.69, 9.17) is 10.7 Å². The summed E-state index contributed by atoms with van der Waals surface area (Å²) in [6, 6.07) is 1.17. The maximum Gasteiger partial charge on any atom is 0.346 e. The molecule has 0 spiro atoms. The third-order valence-electron chi connectivity index (χ3n) is 1.26. The van der Waals surface area contributed by atoms with Crippen molar-refractivity contribution in [2.24, 2.45) is 0 Å². The molecule has 0 aliphatic heterocycles. The molecule has 1 aromatic rings. The lowest BCUT2D eigenvalue weighted by atomic mass is 10.5. The first kappa shape index (κ1) is 11.3. The predicted octanol–water partition coefficient (Wildman–Crippen LogP) is 1.22. The topological polar surface area (TPSA) is 72.1 Å². The molecule has 0 radical (unpaired) electrons. The lowest BCUT2D eigenvalue weighted by molar-refractivity contribution is -0.142. The number of hydrogen-bond acceptors (Lipinski definition) is 4. The van der Waals surface area contributed by atoms with Crippen LogP contribution in [-0.2, 0) is 13.8 Å². The molecule has 0 aliphatic carbocycles. The Kier molecular flexibility index (Phi) is 3.40. The summed E-state index contributed by atoms with van der Waals surface area (Å²) in [5, 5.41) is 5.57. The second-order valence-corrected chi connectivity index (χ2v) is 4.89. The van der Waals surface area contributed by atoms with Crippen LogP contribution in [0.2, 0.25) is 0 Å². The van der Waals surface area contributed by atoms with Crippen molar-refractivity contribution < 1.29 is 21.9 Å². The fraction of sp³-hybridized carbons (Fsp3) is 0.400. The third-order valence-corrected chi connectivity index (χ3v) is 2.62. The smallest absolute Gasteiger partial charge is 0.295 e. The molecule has 1 aromatic heterocycles. The Morgan fingerprint density at radius 2 is 2.21 bits per heavy atom. The number of nitrogens with one attached hydrogen (secondary N) is 1. The average molecular weight is 247 g/mol. The minimum atomic E-state index is -4.28. The summed E-state index contributed by atoms with van der Waals surface area (Å²) < 4.78 is 49.1. The highest BCUT2D eigenvalue weighted by molar-refractivity contribution is 8.13. The van der Waals surface area contributed by atoms with Crippen LogP contribution in [0.5, 0.6) is 0 Å². The summed E-state index contributed by atoms with van der Waals surface area (Å²) in [4.78, 5) is 0. The third kappa shape index (κ3) is 2.89. The van der Waals surface area contributed by atoms with Crippen molar-refractivity contribution in [3.05, 3.63) is 18.0 Å². The maximum absolute atomic E-state index is 11.8. The van der Waals surface area contributed by atoms with Crippen LogP contribution in [0.15, 0.2) is 12.3 Å². The summed E-state index contributed by atoms with van der Waals surface area (Å²) >= 11 is 0. The first-order valence-electron chi connectivity index (χ1n) is 3.27. The van der Waals surface area contributed by atoms with E-state index in [9.17, 15) is 17.2 Å². The highest BCUT2D eigenvalue weighted by atomic mass is 35.7.